The molecule has 1 aliphatic heterocycles. The van der Waals surface area contributed by atoms with Gasteiger partial charge < -0.3 is 5.32 Å². The summed E-state index contributed by atoms with van der Waals surface area (Å²) in [4.78, 5) is 23.4. The molecule has 7 nitrogen and oxygen atoms in total. The van der Waals surface area contributed by atoms with Crippen molar-refractivity contribution in [2.45, 2.75) is 13.0 Å². The number of rotatable bonds is 5. The van der Waals surface area contributed by atoms with Gasteiger partial charge >= 0.3 is 6.03 Å². The van der Waals surface area contributed by atoms with E-state index in [-0.39, 0.29) is 6.03 Å². The monoisotopic (exact) mass is 318 g/mol. The molecule has 0 spiro atoms. The number of nitrogens with zero attached hydrogens (tertiary/aromatic N) is 3. The van der Waals surface area contributed by atoms with Crippen molar-refractivity contribution in [3.63, 3.8) is 0 Å². The molecule has 0 aromatic carbocycles. The van der Waals surface area contributed by atoms with Crippen LogP contribution in [0.2, 0.25) is 0 Å². The molecule has 0 fully saturated rings. The van der Waals surface area contributed by atoms with Crippen LogP contribution in [-0.2, 0) is 13.0 Å². The summed E-state index contributed by atoms with van der Waals surface area (Å²) in [6.45, 7) is 3.46. The zero-order valence-corrected chi connectivity index (χ0v) is 12.9. The zero-order chi connectivity index (χ0) is 15.2. The van der Waals surface area contributed by atoms with Crippen LogP contribution in [0.1, 0.15) is 10.4 Å². The summed E-state index contributed by atoms with van der Waals surface area (Å²) in [5.41, 5.74) is 6.57. The summed E-state index contributed by atoms with van der Waals surface area (Å²) in [6.07, 6.45) is 4.31. The third-order valence-corrected chi connectivity index (χ3v) is 4.48. The second-order valence-electron chi connectivity index (χ2n) is 4.97. The highest BCUT2D eigenvalue weighted by Gasteiger charge is 2.16. The van der Waals surface area contributed by atoms with Crippen LogP contribution < -0.4 is 16.2 Å². The van der Waals surface area contributed by atoms with Crippen LogP contribution in [0, 0.1) is 0 Å². The number of urea groups is 1. The quantitative estimate of drug-likeness (QED) is 0.722. The number of hydrogen-bond donors (Lipinski definition) is 3. The maximum atomic E-state index is 11.7. The summed E-state index contributed by atoms with van der Waals surface area (Å²) >= 11 is 1.83. The molecule has 2 aromatic heterocycles. The normalized spacial score (nSPS) is 14.2. The van der Waals surface area contributed by atoms with Crippen LogP contribution in [0.4, 0.5) is 10.7 Å². The van der Waals surface area contributed by atoms with Crippen molar-refractivity contribution >= 4 is 23.3 Å². The lowest BCUT2D eigenvalue weighted by Crippen LogP contribution is -2.43. The van der Waals surface area contributed by atoms with Crippen LogP contribution >= 0.6 is 11.3 Å². The first-order valence-electron chi connectivity index (χ1n) is 7.16. The highest BCUT2D eigenvalue weighted by molar-refractivity contribution is 7.10. The number of anilines is 1. The predicted octanol–water partition coefficient (Wildman–Crippen LogP) is 1.22. The van der Waals surface area contributed by atoms with E-state index in [0.29, 0.717) is 12.5 Å². The van der Waals surface area contributed by atoms with Gasteiger partial charge in [0.25, 0.3) is 0 Å². The minimum atomic E-state index is -0.291. The van der Waals surface area contributed by atoms with E-state index in [1.54, 1.807) is 18.5 Å². The Kier molecular flexibility index (Phi) is 4.81. The van der Waals surface area contributed by atoms with Gasteiger partial charge in [-0.3, -0.25) is 10.3 Å². The van der Waals surface area contributed by atoms with Gasteiger partial charge in [0.15, 0.2) is 0 Å². The van der Waals surface area contributed by atoms with Crippen molar-refractivity contribution in [3.05, 3.63) is 40.3 Å². The lowest BCUT2D eigenvalue weighted by Gasteiger charge is -2.26. The number of amides is 2. The Labute approximate surface area is 132 Å². The first-order valence-corrected chi connectivity index (χ1v) is 8.04. The van der Waals surface area contributed by atoms with E-state index in [2.05, 4.69) is 42.5 Å². The lowest BCUT2D eigenvalue weighted by molar-refractivity contribution is 0.232. The van der Waals surface area contributed by atoms with Gasteiger partial charge in [0, 0.05) is 43.4 Å². The van der Waals surface area contributed by atoms with Gasteiger partial charge in [-0.2, -0.15) is 0 Å². The largest absolute Gasteiger partial charge is 0.335 e. The molecular weight excluding hydrogens is 300 g/mol. The van der Waals surface area contributed by atoms with E-state index in [1.807, 2.05) is 11.3 Å². The van der Waals surface area contributed by atoms with E-state index in [9.17, 15) is 4.79 Å². The number of nitrogens with one attached hydrogen (secondary N) is 3. The number of fused-ring (bicyclic) bond motifs is 1. The molecule has 116 valence electrons. The Balaban J connectivity index is 1.34. The fraction of sp³-hybridized carbons (Fsp3) is 0.357. The maximum absolute atomic E-state index is 11.7. The summed E-state index contributed by atoms with van der Waals surface area (Å²) in [5, 5.41) is 4.96. The van der Waals surface area contributed by atoms with Crippen molar-refractivity contribution in [1.29, 1.82) is 0 Å². The first kappa shape index (κ1) is 14.7. The Morgan fingerprint density at radius 3 is 3.09 bits per heavy atom. The SMILES string of the molecule is O=C(NCCN1CCc2sccc2C1)NNc1ncccn1. The Morgan fingerprint density at radius 1 is 1.36 bits per heavy atom. The van der Waals surface area contributed by atoms with Gasteiger partial charge in [0.05, 0.1) is 0 Å². The average molecular weight is 318 g/mol. The zero-order valence-electron chi connectivity index (χ0n) is 12.1. The lowest BCUT2D eigenvalue weighted by atomic mass is 10.1. The average Bonchev–Trinajstić information content (AvgIpc) is 3.02. The highest BCUT2D eigenvalue weighted by atomic mass is 32.1. The molecule has 2 amide bonds. The molecule has 0 bridgehead atoms. The fourth-order valence-corrected chi connectivity index (χ4v) is 3.24. The van der Waals surface area contributed by atoms with Gasteiger partial charge in [-0.15, -0.1) is 11.3 Å². The summed E-state index contributed by atoms with van der Waals surface area (Å²) in [6, 6.07) is 3.61. The molecule has 0 atom stereocenters. The van der Waals surface area contributed by atoms with Crippen molar-refractivity contribution < 1.29 is 4.79 Å². The molecule has 1 aliphatic rings. The Morgan fingerprint density at radius 2 is 2.23 bits per heavy atom. The van der Waals surface area contributed by atoms with Crippen LogP contribution in [-0.4, -0.2) is 40.5 Å². The van der Waals surface area contributed by atoms with E-state index < -0.39 is 0 Å². The second-order valence-corrected chi connectivity index (χ2v) is 5.97. The van der Waals surface area contributed by atoms with Gasteiger partial charge in [0.1, 0.15) is 0 Å². The minimum absolute atomic E-state index is 0.291. The van der Waals surface area contributed by atoms with E-state index >= 15 is 0 Å². The van der Waals surface area contributed by atoms with Crippen molar-refractivity contribution in [1.82, 2.24) is 25.6 Å². The molecule has 3 rings (SSSR count). The number of aromatic nitrogens is 2. The smallest absolute Gasteiger partial charge is 0.333 e. The molecular formula is C14H18N6OS. The van der Waals surface area contributed by atoms with Gasteiger partial charge in [-0.1, -0.05) is 0 Å². The van der Waals surface area contributed by atoms with E-state index in [4.69, 9.17) is 0 Å². The first-order chi connectivity index (χ1) is 10.8. The van der Waals surface area contributed by atoms with Gasteiger partial charge in [0.2, 0.25) is 5.95 Å². The molecule has 8 heteroatoms. The topological polar surface area (TPSA) is 82.2 Å². The number of hydrazine groups is 1. The summed E-state index contributed by atoms with van der Waals surface area (Å²) in [5.74, 6) is 0.360. The Hall–Kier alpha value is -2.19. The standard InChI is InChI=1S/C14H18N6OS/c21-14(19-18-13-15-4-1-5-16-13)17-6-8-20-7-2-12-11(10-20)3-9-22-12/h1,3-5,9H,2,6-8,10H2,(H,15,16,18)(H2,17,19,21). The molecule has 22 heavy (non-hydrogen) atoms. The number of carbonyl (C=O) groups excluding carboxylic acids is 1. The maximum Gasteiger partial charge on any atom is 0.333 e. The van der Waals surface area contributed by atoms with Crippen LogP contribution in [0.15, 0.2) is 29.9 Å². The van der Waals surface area contributed by atoms with Crippen molar-refractivity contribution in [2.24, 2.45) is 0 Å². The third-order valence-electron chi connectivity index (χ3n) is 3.45. The number of carbonyl (C=O) groups is 1. The van der Waals surface area contributed by atoms with Crippen molar-refractivity contribution in [2.75, 3.05) is 25.1 Å². The molecule has 3 N–H and O–H groups in total. The van der Waals surface area contributed by atoms with Gasteiger partial charge in [-0.05, 0) is 29.5 Å². The number of hydrogen-bond acceptors (Lipinski definition) is 6. The van der Waals surface area contributed by atoms with Crippen LogP contribution in [0.5, 0.6) is 0 Å². The predicted molar refractivity (Wildman–Crippen MR) is 85.5 cm³/mol. The Bertz CT molecular complexity index is 617. The van der Waals surface area contributed by atoms with Gasteiger partial charge in [-0.25, -0.2) is 20.2 Å². The molecule has 0 saturated heterocycles. The van der Waals surface area contributed by atoms with E-state index in [0.717, 1.165) is 26.1 Å². The van der Waals surface area contributed by atoms with E-state index in [1.165, 1.54) is 10.4 Å². The van der Waals surface area contributed by atoms with Crippen LogP contribution in [0.3, 0.4) is 0 Å². The number of thiophene rings is 1. The minimum Gasteiger partial charge on any atom is -0.335 e. The molecule has 0 radical (unpaired) electrons. The van der Waals surface area contributed by atoms with Crippen molar-refractivity contribution in [3.8, 4) is 0 Å². The molecule has 0 saturated carbocycles. The summed E-state index contributed by atoms with van der Waals surface area (Å²) in [7, 11) is 0. The second kappa shape index (κ2) is 7.19. The molecule has 0 unspecified atom stereocenters. The molecule has 0 aliphatic carbocycles. The molecule has 3 heterocycles. The third kappa shape index (κ3) is 3.92. The van der Waals surface area contributed by atoms with Crippen LogP contribution in [0.25, 0.3) is 0 Å². The molecule has 2 aromatic rings. The highest BCUT2D eigenvalue weighted by Crippen LogP contribution is 2.23. The summed E-state index contributed by atoms with van der Waals surface area (Å²) < 4.78 is 0. The fourth-order valence-electron chi connectivity index (χ4n) is 2.35.